The molecule has 2 fully saturated rings. The van der Waals surface area contributed by atoms with Crippen LogP contribution in [0.15, 0.2) is 12.1 Å². The van der Waals surface area contributed by atoms with Gasteiger partial charge in [0.2, 0.25) is 5.91 Å². The number of hydrogen-bond donors (Lipinski definition) is 0. The summed E-state index contributed by atoms with van der Waals surface area (Å²) in [4.78, 5) is 19.1. The predicted octanol–water partition coefficient (Wildman–Crippen LogP) is 3.83. The van der Waals surface area contributed by atoms with Crippen molar-refractivity contribution in [1.29, 1.82) is 0 Å². The van der Waals surface area contributed by atoms with Crippen LogP contribution >= 0.6 is 0 Å². The molecule has 0 N–H and O–H groups in total. The van der Waals surface area contributed by atoms with E-state index >= 15 is 0 Å². The van der Waals surface area contributed by atoms with Gasteiger partial charge in [-0.05, 0) is 38.2 Å². The van der Waals surface area contributed by atoms with Gasteiger partial charge in [-0.1, -0.05) is 13.3 Å². The fourth-order valence-corrected chi connectivity index (χ4v) is 4.67. The summed E-state index contributed by atoms with van der Waals surface area (Å²) >= 11 is 0. The van der Waals surface area contributed by atoms with Gasteiger partial charge in [0.15, 0.2) is 5.65 Å². The first-order valence-electron chi connectivity index (χ1n) is 10.6. The van der Waals surface area contributed by atoms with Gasteiger partial charge in [-0.25, -0.2) is 9.50 Å². The number of amides is 1. The molecule has 1 saturated carbocycles. The number of hydrogen-bond acceptors (Lipinski definition) is 4. The first-order valence-corrected chi connectivity index (χ1v) is 10.6. The SMILES string of the molecule is CCc1cc(C(F)(F)F)n2nc([C@@H]3CCN(C(=O)[C@@H]4CCC[C@H](OC)C4)C3)cc2n1. The summed E-state index contributed by atoms with van der Waals surface area (Å²) < 4.78 is 46.8. The molecule has 164 valence electrons. The Labute approximate surface area is 173 Å². The molecule has 9 heteroatoms. The maximum Gasteiger partial charge on any atom is 0.433 e. The normalized spacial score (nSPS) is 25.2. The Kier molecular flexibility index (Phi) is 5.74. The molecular formula is C21H27F3N4O2. The minimum absolute atomic E-state index is 0.0332. The highest BCUT2D eigenvalue weighted by atomic mass is 19.4. The summed E-state index contributed by atoms with van der Waals surface area (Å²) in [5.41, 5.74) is 0.343. The van der Waals surface area contributed by atoms with Crippen LogP contribution in [0.5, 0.6) is 0 Å². The van der Waals surface area contributed by atoms with Crippen LogP contribution in [0.2, 0.25) is 0 Å². The van der Waals surface area contributed by atoms with Crippen molar-refractivity contribution in [3.8, 4) is 0 Å². The number of rotatable bonds is 4. The van der Waals surface area contributed by atoms with Crippen LogP contribution in [0.4, 0.5) is 13.2 Å². The van der Waals surface area contributed by atoms with Crippen LogP contribution in [0.25, 0.3) is 5.65 Å². The van der Waals surface area contributed by atoms with Gasteiger partial charge in [0.25, 0.3) is 0 Å². The molecule has 3 atom stereocenters. The Morgan fingerprint density at radius 2 is 2.07 bits per heavy atom. The topological polar surface area (TPSA) is 59.7 Å². The number of alkyl halides is 3. The molecule has 2 aromatic heterocycles. The summed E-state index contributed by atoms with van der Waals surface area (Å²) in [6.07, 6.45) is 0.293. The summed E-state index contributed by atoms with van der Waals surface area (Å²) in [5, 5.41) is 4.24. The monoisotopic (exact) mass is 424 g/mol. The van der Waals surface area contributed by atoms with Crippen molar-refractivity contribution in [2.75, 3.05) is 20.2 Å². The summed E-state index contributed by atoms with van der Waals surface area (Å²) in [7, 11) is 1.68. The molecular weight excluding hydrogens is 397 g/mol. The first kappa shape index (κ1) is 21.1. The van der Waals surface area contributed by atoms with E-state index in [0.717, 1.165) is 36.3 Å². The molecule has 0 bridgehead atoms. The molecule has 3 heterocycles. The van der Waals surface area contributed by atoms with Gasteiger partial charge in [0.05, 0.1) is 11.8 Å². The number of methoxy groups -OCH3 is 1. The van der Waals surface area contributed by atoms with Crippen LogP contribution in [-0.2, 0) is 22.1 Å². The zero-order chi connectivity index (χ0) is 21.5. The van der Waals surface area contributed by atoms with Crippen molar-refractivity contribution in [3.63, 3.8) is 0 Å². The quantitative estimate of drug-likeness (QED) is 0.749. The highest BCUT2D eigenvalue weighted by Gasteiger charge is 2.37. The lowest BCUT2D eigenvalue weighted by atomic mass is 9.86. The number of carbonyl (C=O) groups excluding carboxylic acids is 1. The van der Waals surface area contributed by atoms with Crippen molar-refractivity contribution < 1.29 is 22.7 Å². The number of carbonyl (C=O) groups is 1. The van der Waals surface area contributed by atoms with Crippen LogP contribution in [0.1, 0.15) is 62.0 Å². The van der Waals surface area contributed by atoms with Crippen molar-refractivity contribution in [1.82, 2.24) is 19.5 Å². The molecule has 1 aliphatic heterocycles. The Balaban J connectivity index is 1.53. The second-order valence-corrected chi connectivity index (χ2v) is 8.31. The van der Waals surface area contributed by atoms with Gasteiger partial charge in [-0.2, -0.15) is 18.3 Å². The number of halogens is 3. The van der Waals surface area contributed by atoms with Crippen LogP contribution in [0.3, 0.4) is 0 Å². The number of aryl methyl sites for hydroxylation is 1. The fraction of sp³-hybridized carbons (Fsp3) is 0.667. The largest absolute Gasteiger partial charge is 0.433 e. The van der Waals surface area contributed by atoms with Crippen molar-refractivity contribution >= 4 is 11.6 Å². The third-order valence-electron chi connectivity index (χ3n) is 6.38. The standard InChI is InChI=1S/C21H27F3N4O2/c1-3-15-10-18(21(22,23)24)28-19(25-15)11-17(26-28)14-7-8-27(12-14)20(29)13-5-4-6-16(9-13)30-2/h10-11,13-14,16H,3-9,12H2,1-2H3/t13-,14-,16+/m1/s1. The van der Waals surface area contributed by atoms with Crippen LogP contribution in [0, 0.1) is 5.92 Å². The molecule has 1 aliphatic carbocycles. The smallest absolute Gasteiger partial charge is 0.381 e. The van der Waals surface area contributed by atoms with E-state index in [1.54, 1.807) is 20.1 Å². The lowest BCUT2D eigenvalue weighted by molar-refractivity contribution is -0.142. The fourth-order valence-electron chi connectivity index (χ4n) is 4.67. The number of fused-ring (bicyclic) bond motifs is 1. The molecule has 6 nitrogen and oxygen atoms in total. The highest BCUT2D eigenvalue weighted by molar-refractivity contribution is 5.79. The zero-order valence-electron chi connectivity index (χ0n) is 17.3. The molecule has 0 aromatic carbocycles. The number of likely N-dealkylation sites (tertiary alicyclic amines) is 1. The predicted molar refractivity (Wildman–Crippen MR) is 104 cm³/mol. The van der Waals surface area contributed by atoms with Crippen LogP contribution in [-0.4, -0.2) is 51.7 Å². The molecule has 2 aromatic rings. The van der Waals surface area contributed by atoms with E-state index in [0.29, 0.717) is 37.3 Å². The van der Waals surface area contributed by atoms with Gasteiger partial charge in [-0.15, -0.1) is 0 Å². The zero-order valence-corrected chi connectivity index (χ0v) is 17.3. The molecule has 0 spiro atoms. The van der Waals surface area contributed by atoms with E-state index in [2.05, 4.69) is 10.1 Å². The molecule has 1 amide bonds. The molecule has 0 radical (unpaired) electrons. The molecule has 1 saturated heterocycles. The van der Waals surface area contributed by atoms with Crippen LogP contribution < -0.4 is 0 Å². The highest BCUT2D eigenvalue weighted by Crippen LogP contribution is 2.34. The van der Waals surface area contributed by atoms with Gasteiger partial charge < -0.3 is 9.64 Å². The van der Waals surface area contributed by atoms with E-state index in [4.69, 9.17) is 4.74 Å². The van der Waals surface area contributed by atoms with Crippen molar-refractivity contribution in [2.45, 2.75) is 63.6 Å². The Morgan fingerprint density at radius 3 is 2.77 bits per heavy atom. The van der Waals surface area contributed by atoms with Gasteiger partial charge >= 0.3 is 6.18 Å². The minimum Gasteiger partial charge on any atom is -0.381 e. The lowest BCUT2D eigenvalue weighted by Gasteiger charge is -2.30. The molecule has 30 heavy (non-hydrogen) atoms. The first-order chi connectivity index (χ1) is 14.3. The molecule has 4 rings (SSSR count). The van der Waals surface area contributed by atoms with Crippen molar-refractivity contribution in [2.24, 2.45) is 5.92 Å². The Morgan fingerprint density at radius 1 is 1.27 bits per heavy atom. The van der Waals surface area contributed by atoms with Crippen molar-refractivity contribution in [3.05, 3.63) is 29.2 Å². The number of nitrogens with zero attached hydrogens (tertiary/aromatic N) is 4. The Hall–Kier alpha value is -2.16. The maximum absolute atomic E-state index is 13.5. The third-order valence-corrected chi connectivity index (χ3v) is 6.38. The second kappa shape index (κ2) is 8.17. The summed E-state index contributed by atoms with van der Waals surface area (Å²) in [6.45, 7) is 2.86. The number of aromatic nitrogens is 3. The average molecular weight is 424 g/mol. The van der Waals surface area contributed by atoms with Gasteiger partial charge in [0, 0.05) is 43.8 Å². The summed E-state index contributed by atoms with van der Waals surface area (Å²) in [6, 6.07) is 2.69. The molecule has 0 unspecified atom stereocenters. The minimum atomic E-state index is -4.51. The van der Waals surface area contributed by atoms with E-state index < -0.39 is 11.9 Å². The molecule has 2 aliphatic rings. The van der Waals surface area contributed by atoms with Gasteiger partial charge in [-0.3, -0.25) is 4.79 Å². The third kappa shape index (κ3) is 4.04. The Bertz CT molecular complexity index is 927. The van der Waals surface area contributed by atoms with E-state index in [1.165, 1.54) is 0 Å². The second-order valence-electron chi connectivity index (χ2n) is 8.31. The van der Waals surface area contributed by atoms with E-state index in [1.807, 2.05) is 4.90 Å². The number of ether oxygens (including phenoxy) is 1. The average Bonchev–Trinajstić information content (AvgIpc) is 3.38. The lowest BCUT2D eigenvalue weighted by Crippen LogP contribution is -2.38. The van der Waals surface area contributed by atoms with E-state index in [9.17, 15) is 18.0 Å². The maximum atomic E-state index is 13.5. The van der Waals surface area contributed by atoms with E-state index in [-0.39, 0.29) is 29.5 Å². The van der Waals surface area contributed by atoms with Gasteiger partial charge in [0.1, 0.15) is 5.69 Å². The summed E-state index contributed by atoms with van der Waals surface area (Å²) in [5.74, 6) is 0.0168.